The summed E-state index contributed by atoms with van der Waals surface area (Å²) in [6, 6.07) is 13.1. The Balaban J connectivity index is 1.70. The predicted octanol–water partition coefficient (Wildman–Crippen LogP) is 3.09. The second kappa shape index (κ2) is 7.40. The van der Waals surface area contributed by atoms with Crippen LogP contribution in [0, 0.1) is 24.4 Å². The predicted molar refractivity (Wildman–Crippen MR) is 91.3 cm³/mol. The van der Waals surface area contributed by atoms with E-state index in [1.54, 1.807) is 6.07 Å². The van der Waals surface area contributed by atoms with Gasteiger partial charge in [-0.2, -0.15) is 0 Å². The second-order valence-corrected chi connectivity index (χ2v) is 5.47. The van der Waals surface area contributed by atoms with Crippen molar-refractivity contribution in [1.29, 1.82) is 0 Å². The first kappa shape index (κ1) is 15.7. The molecular formula is C21H16O3. The van der Waals surface area contributed by atoms with Crippen molar-refractivity contribution in [3.63, 3.8) is 0 Å². The summed E-state index contributed by atoms with van der Waals surface area (Å²) in [6.45, 7) is 0.684. The molecule has 0 bridgehead atoms. The zero-order chi connectivity index (χ0) is 16.8. The van der Waals surface area contributed by atoms with E-state index in [9.17, 15) is 4.79 Å². The van der Waals surface area contributed by atoms with Gasteiger partial charge in [0.2, 0.25) is 0 Å². The summed E-state index contributed by atoms with van der Waals surface area (Å²) in [6.07, 6.45) is 10.1. The van der Waals surface area contributed by atoms with Gasteiger partial charge < -0.3 is 9.47 Å². The van der Waals surface area contributed by atoms with Crippen LogP contribution in [0.4, 0.5) is 0 Å². The van der Waals surface area contributed by atoms with Gasteiger partial charge in [-0.25, -0.2) is 0 Å². The summed E-state index contributed by atoms with van der Waals surface area (Å²) >= 11 is 0. The van der Waals surface area contributed by atoms with Crippen LogP contribution < -0.4 is 4.74 Å². The fraction of sp³-hybridized carbons (Fsp3) is 0.190. The molecular weight excluding hydrogens is 300 g/mol. The SMILES string of the molecule is C#Cc1cc(C#COC(=O)Cc2ccccc2)cc2c1OCCC2. The van der Waals surface area contributed by atoms with Gasteiger partial charge in [0.25, 0.3) is 0 Å². The third-order valence-electron chi connectivity index (χ3n) is 3.71. The van der Waals surface area contributed by atoms with Gasteiger partial charge in [0.15, 0.2) is 0 Å². The van der Waals surface area contributed by atoms with Gasteiger partial charge in [-0.15, -0.1) is 6.42 Å². The van der Waals surface area contributed by atoms with Crippen molar-refractivity contribution in [2.45, 2.75) is 19.3 Å². The molecule has 0 saturated carbocycles. The first-order valence-corrected chi connectivity index (χ1v) is 7.77. The number of aryl methyl sites for hydroxylation is 1. The van der Waals surface area contributed by atoms with Crippen LogP contribution >= 0.6 is 0 Å². The van der Waals surface area contributed by atoms with Crippen molar-refractivity contribution >= 4 is 5.97 Å². The minimum absolute atomic E-state index is 0.198. The summed E-state index contributed by atoms with van der Waals surface area (Å²) in [5, 5.41) is 0. The lowest BCUT2D eigenvalue weighted by molar-refractivity contribution is -0.136. The van der Waals surface area contributed by atoms with E-state index in [-0.39, 0.29) is 12.4 Å². The van der Waals surface area contributed by atoms with Crippen molar-refractivity contribution in [2.75, 3.05) is 6.61 Å². The molecule has 24 heavy (non-hydrogen) atoms. The van der Waals surface area contributed by atoms with Crippen molar-refractivity contribution in [3.05, 3.63) is 64.7 Å². The molecule has 2 aromatic rings. The molecule has 0 saturated heterocycles. The van der Waals surface area contributed by atoms with E-state index in [4.69, 9.17) is 15.9 Å². The Morgan fingerprint density at radius 1 is 1.25 bits per heavy atom. The molecule has 1 heterocycles. The molecule has 0 atom stereocenters. The molecule has 0 radical (unpaired) electrons. The maximum atomic E-state index is 11.8. The smallest absolute Gasteiger partial charge is 0.324 e. The van der Waals surface area contributed by atoms with E-state index in [0.29, 0.717) is 12.2 Å². The summed E-state index contributed by atoms with van der Waals surface area (Å²) in [4.78, 5) is 11.8. The molecule has 2 aromatic carbocycles. The molecule has 0 spiro atoms. The number of esters is 1. The Kier molecular flexibility index (Phi) is 4.84. The number of hydrogen-bond donors (Lipinski definition) is 0. The van der Waals surface area contributed by atoms with E-state index in [2.05, 4.69) is 17.9 Å². The highest BCUT2D eigenvalue weighted by molar-refractivity contribution is 5.73. The van der Waals surface area contributed by atoms with Gasteiger partial charge in [0.1, 0.15) is 11.9 Å². The summed E-state index contributed by atoms with van der Waals surface area (Å²) < 4.78 is 10.6. The summed E-state index contributed by atoms with van der Waals surface area (Å²) in [7, 11) is 0. The van der Waals surface area contributed by atoms with Crippen molar-refractivity contribution in [1.82, 2.24) is 0 Å². The Labute approximate surface area is 141 Å². The van der Waals surface area contributed by atoms with E-state index in [1.807, 2.05) is 36.4 Å². The maximum absolute atomic E-state index is 11.8. The van der Waals surface area contributed by atoms with Gasteiger partial charge in [0, 0.05) is 5.56 Å². The third kappa shape index (κ3) is 3.77. The molecule has 0 amide bonds. The van der Waals surface area contributed by atoms with Crippen LogP contribution in [0.1, 0.15) is 28.7 Å². The minimum atomic E-state index is -0.382. The van der Waals surface area contributed by atoms with Gasteiger partial charge in [-0.05, 0) is 42.0 Å². The monoisotopic (exact) mass is 316 g/mol. The lowest BCUT2D eigenvalue weighted by Gasteiger charge is -2.18. The molecule has 0 aromatic heterocycles. The fourth-order valence-electron chi connectivity index (χ4n) is 2.60. The average molecular weight is 316 g/mol. The normalized spacial score (nSPS) is 12.0. The number of fused-ring (bicyclic) bond motifs is 1. The molecule has 1 aliphatic heterocycles. The Morgan fingerprint density at radius 2 is 2.08 bits per heavy atom. The highest BCUT2D eigenvalue weighted by Gasteiger charge is 2.14. The standard InChI is InChI=1S/C21H16O3/c1-2-18-13-17(14-19-9-6-11-24-21(18)19)10-12-23-20(22)15-16-7-4-3-5-8-16/h1,3-5,7-8,13-14H,6,9,11,15H2. The van der Waals surface area contributed by atoms with Gasteiger partial charge in [-0.3, -0.25) is 4.79 Å². The molecule has 3 nitrogen and oxygen atoms in total. The number of ether oxygens (including phenoxy) is 2. The van der Waals surface area contributed by atoms with Crippen molar-refractivity contribution < 1.29 is 14.3 Å². The first-order chi connectivity index (χ1) is 11.8. The molecule has 0 aliphatic carbocycles. The van der Waals surface area contributed by atoms with Crippen molar-refractivity contribution in [2.24, 2.45) is 0 Å². The minimum Gasteiger partial charge on any atom is -0.492 e. The van der Waals surface area contributed by atoms with Gasteiger partial charge in [-0.1, -0.05) is 36.3 Å². The Bertz CT molecular complexity index is 848. The Morgan fingerprint density at radius 3 is 2.88 bits per heavy atom. The van der Waals surface area contributed by atoms with E-state index < -0.39 is 0 Å². The number of carbonyl (C=O) groups excluding carboxylic acids is 1. The number of carbonyl (C=O) groups is 1. The number of terminal acetylenes is 1. The maximum Gasteiger partial charge on any atom is 0.324 e. The Hall–Kier alpha value is -3.17. The zero-order valence-corrected chi connectivity index (χ0v) is 13.2. The van der Waals surface area contributed by atoms with Crippen LogP contribution in [0.15, 0.2) is 42.5 Å². The molecule has 3 heteroatoms. The number of benzene rings is 2. The highest BCUT2D eigenvalue weighted by atomic mass is 16.5. The van der Waals surface area contributed by atoms with Gasteiger partial charge in [0.05, 0.1) is 18.6 Å². The highest BCUT2D eigenvalue weighted by Crippen LogP contribution is 2.29. The van der Waals surface area contributed by atoms with Crippen LogP contribution in [-0.2, 0) is 22.4 Å². The van der Waals surface area contributed by atoms with E-state index >= 15 is 0 Å². The fourth-order valence-corrected chi connectivity index (χ4v) is 2.60. The van der Waals surface area contributed by atoms with Crippen LogP contribution in [0.5, 0.6) is 5.75 Å². The van der Waals surface area contributed by atoms with Crippen LogP contribution in [0.3, 0.4) is 0 Å². The lowest BCUT2D eigenvalue weighted by atomic mass is 9.99. The summed E-state index contributed by atoms with van der Waals surface area (Å²) in [5.74, 6) is 5.86. The summed E-state index contributed by atoms with van der Waals surface area (Å²) in [5.41, 5.74) is 3.35. The zero-order valence-electron chi connectivity index (χ0n) is 13.2. The molecule has 0 unspecified atom stereocenters. The number of rotatable bonds is 2. The molecule has 0 fully saturated rings. The topological polar surface area (TPSA) is 35.5 Å². The quantitative estimate of drug-likeness (QED) is 0.631. The third-order valence-corrected chi connectivity index (χ3v) is 3.71. The van der Waals surface area contributed by atoms with Crippen molar-refractivity contribution in [3.8, 4) is 30.1 Å². The van der Waals surface area contributed by atoms with Crippen LogP contribution in [0.25, 0.3) is 0 Å². The molecule has 0 N–H and O–H groups in total. The van der Waals surface area contributed by atoms with Gasteiger partial charge >= 0.3 is 5.97 Å². The van der Waals surface area contributed by atoms with E-state index in [1.165, 1.54) is 0 Å². The molecule has 118 valence electrons. The van der Waals surface area contributed by atoms with E-state index in [0.717, 1.165) is 35.3 Å². The molecule has 3 rings (SSSR count). The second-order valence-electron chi connectivity index (χ2n) is 5.47. The molecule has 1 aliphatic rings. The van der Waals surface area contributed by atoms with Crippen LogP contribution in [-0.4, -0.2) is 12.6 Å². The largest absolute Gasteiger partial charge is 0.492 e. The number of hydrogen-bond acceptors (Lipinski definition) is 3. The average Bonchev–Trinajstić information content (AvgIpc) is 2.62. The first-order valence-electron chi connectivity index (χ1n) is 7.77. The van der Waals surface area contributed by atoms with Crippen LogP contribution in [0.2, 0.25) is 0 Å². The lowest BCUT2D eigenvalue weighted by Crippen LogP contribution is -2.10.